The van der Waals surface area contributed by atoms with Crippen molar-refractivity contribution in [3.8, 4) is 0 Å². The SMILES string of the molecule is CCC(C)[C@H](NC(=O)[C@H](CC(C)C)NC(=O)[C@H](Cc1ccccc1)NC(=O)OCc1ccccc1)B(O)O. The molecule has 0 aromatic heterocycles. The molecule has 0 aliphatic rings. The molecule has 9 nitrogen and oxygen atoms in total. The monoisotopic (exact) mass is 525 g/mol. The highest BCUT2D eigenvalue weighted by atomic mass is 16.5. The van der Waals surface area contributed by atoms with E-state index in [4.69, 9.17) is 4.74 Å². The molecule has 0 saturated heterocycles. The molecule has 38 heavy (non-hydrogen) atoms. The van der Waals surface area contributed by atoms with Crippen molar-refractivity contribution in [1.82, 2.24) is 16.0 Å². The van der Waals surface area contributed by atoms with Crippen LogP contribution >= 0.6 is 0 Å². The highest BCUT2D eigenvalue weighted by molar-refractivity contribution is 6.43. The maximum Gasteiger partial charge on any atom is 0.475 e. The normalized spacial score (nSPS) is 14.1. The summed E-state index contributed by atoms with van der Waals surface area (Å²) in [4.78, 5) is 39.2. The van der Waals surface area contributed by atoms with Gasteiger partial charge in [0.05, 0.1) is 5.94 Å². The first-order valence-electron chi connectivity index (χ1n) is 13.1. The lowest BCUT2D eigenvalue weighted by Gasteiger charge is -2.28. The second-order valence-corrected chi connectivity index (χ2v) is 9.97. The smallest absolute Gasteiger partial charge is 0.445 e. The third-order valence-electron chi connectivity index (χ3n) is 6.33. The average Bonchev–Trinajstić information content (AvgIpc) is 2.90. The fourth-order valence-corrected chi connectivity index (χ4v) is 3.97. The number of amides is 3. The average molecular weight is 525 g/mol. The van der Waals surface area contributed by atoms with E-state index in [1.807, 2.05) is 81.4 Å². The molecule has 0 bridgehead atoms. The predicted octanol–water partition coefficient (Wildman–Crippen LogP) is 2.60. The molecule has 1 unspecified atom stereocenters. The molecule has 0 radical (unpaired) electrons. The van der Waals surface area contributed by atoms with Gasteiger partial charge >= 0.3 is 13.2 Å². The largest absolute Gasteiger partial charge is 0.475 e. The zero-order valence-corrected chi connectivity index (χ0v) is 22.6. The molecule has 2 rings (SSSR count). The number of rotatable bonds is 14. The quantitative estimate of drug-likeness (QED) is 0.241. The van der Waals surface area contributed by atoms with Gasteiger partial charge in [-0.15, -0.1) is 0 Å². The molecule has 5 N–H and O–H groups in total. The van der Waals surface area contributed by atoms with Crippen LogP contribution in [0.2, 0.25) is 0 Å². The first kappa shape index (κ1) is 30.9. The molecule has 0 saturated carbocycles. The van der Waals surface area contributed by atoms with Crippen molar-refractivity contribution in [2.75, 3.05) is 0 Å². The number of ether oxygens (including phenoxy) is 1. The number of alkyl carbamates (subject to hydrolysis) is 1. The first-order chi connectivity index (χ1) is 18.1. The summed E-state index contributed by atoms with van der Waals surface area (Å²) in [6, 6.07) is 16.5. The Morgan fingerprint density at radius 3 is 1.89 bits per heavy atom. The first-order valence-corrected chi connectivity index (χ1v) is 13.1. The summed E-state index contributed by atoms with van der Waals surface area (Å²) in [5.41, 5.74) is 1.63. The zero-order chi connectivity index (χ0) is 28.1. The fourth-order valence-electron chi connectivity index (χ4n) is 3.97. The van der Waals surface area contributed by atoms with E-state index in [0.717, 1.165) is 11.1 Å². The van der Waals surface area contributed by atoms with Crippen LogP contribution in [0.15, 0.2) is 60.7 Å². The van der Waals surface area contributed by atoms with Gasteiger partial charge in [-0.25, -0.2) is 4.79 Å². The lowest BCUT2D eigenvalue weighted by Crippen LogP contribution is -2.58. The summed E-state index contributed by atoms with van der Waals surface area (Å²) < 4.78 is 5.32. The molecule has 0 heterocycles. The molecular weight excluding hydrogens is 485 g/mol. The Balaban J connectivity index is 2.16. The number of hydrogen-bond donors (Lipinski definition) is 5. The van der Waals surface area contributed by atoms with Gasteiger partial charge in [0.15, 0.2) is 0 Å². The van der Waals surface area contributed by atoms with E-state index in [1.54, 1.807) is 6.92 Å². The van der Waals surface area contributed by atoms with Crippen LogP contribution in [0.5, 0.6) is 0 Å². The molecular formula is C28H40BN3O6. The van der Waals surface area contributed by atoms with Gasteiger partial charge in [0.1, 0.15) is 18.7 Å². The van der Waals surface area contributed by atoms with Gasteiger partial charge in [0.25, 0.3) is 0 Å². The van der Waals surface area contributed by atoms with Crippen LogP contribution in [0.3, 0.4) is 0 Å². The Kier molecular flexibility index (Phi) is 12.8. The summed E-state index contributed by atoms with van der Waals surface area (Å²) in [6.45, 7) is 7.57. The van der Waals surface area contributed by atoms with Gasteiger partial charge in [-0.1, -0.05) is 94.8 Å². The van der Waals surface area contributed by atoms with E-state index in [2.05, 4.69) is 16.0 Å². The van der Waals surface area contributed by atoms with Crippen LogP contribution < -0.4 is 16.0 Å². The van der Waals surface area contributed by atoms with Crippen molar-refractivity contribution in [2.45, 2.75) is 71.6 Å². The standard InChI is InChI=1S/C28H40BN3O6/c1-5-20(4)25(29(36)37)32-27(34)23(16-19(2)3)30-26(33)24(17-21-12-8-6-9-13-21)31-28(35)38-18-22-14-10-7-11-15-22/h6-15,19-20,23-25,36-37H,5,16-18H2,1-4H3,(H,30,33)(H,31,35)(H,32,34)/t20?,23-,24-,25-/m0/s1. The van der Waals surface area contributed by atoms with E-state index < -0.39 is 43.1 Å². The van der Waals surface area contributed by atoms with Crippen molar-refractivity contribution >= 4 is 25.0 Å². The Bertz CT molecular complexity index is 1010. The Hall–Kier alpha value is -3.37. The third kappa shape index (κ3) is 10.6. The van der Waals surface area contributed by atoms with E-state index in [0.29, 0.717) is 12.8 Å². The van der Waals surface area contributed by atoms with Crippen LogP contribution in [0.25, 0.3) is 0 Å². The molecule has 0 aliphatic heterocycles. The number of carbonyl (C=O) groups is 3. The Labute approximate surface area is 225 Å². The van der Waals surface area contributed by atoms with Crippen LogP contribution in [-0.4, -0.2) is 53.1 Å². The molecule has 2 aromatic rings. The van der Waals surface area contributed by atoms with Gasteiger partial charge in [-0.3, -0.25) is 9.59 Å². The minimum atomic E-state index is -1.74. The van der Waals surface area contributed by atoms with Gasteiger partial charge < -0.3 is 30.7 Å². The maximum absolute atomic E-state index is 13.4. The molecule has 0 fully saturated rings. The van der Waals surface area contributed by atoms with E-state index >= 15 is 0 Å². The second-order valence-electron chi connectivity index (χ2n) is 9.97. The van der Waals surface area contributed by atoms with E-state index in [9.17, 15) is 24.4 Å². The van der Waals surface area contributed by atoms with Crippen LogP contribution in [0.1, 0.15) is 51.7 Å². The van der Waals surface area contributed by atoms with Crippen molar-refractivity contribution in [2.24, 2.45) is 11.8 Å². The number of benzene rings is 2. The van der Waals surface area contributed by atoms with Crippen molar-refractivity contribution < 1.29 is 29.2 Å². The number of carbonyl (C=O) groups excluding carboxylic acids is 3. The maximum atomic E-state index is 13.4. The number of hydrogen-bond acceptors (Lipinski definition) is 6. The molecule has 3 amide bonds. The van der Waals surface area contributed by atoms with Crippen molar-refractivity contribution in [3.05, 3.63) is 71.8 Å². The molecule has 2 aromatic carbocycles. The van der Waals surface area contributed by atoms with E-state index in [1.165, 1.54) is 0 Å². The summed E-state index contributed by atoms with van der Waals surface area (Å²) in [6.07, 6.45) is 0.379. The highest BCUT2D eigenvalue weighted by Crippen LogP contribution is 2.12. The van der Waals surface area contributed by atoms with Gasteiger partial charge in [-0.2, -0.15) is 0 Å². The van der Waals surface area contributed by atoms with Crippen molar-refractivity contribution in [1.29, 1.82) is 0 Å². The van der Waals surface area contributed by atoms with Gasteiger partial charge in [0, 0.05) is 6.42 Å². The second kappa shape index (κ2) is 15.8. The summed E-state index contributed by atoms with van der Waals surface area (Å²) >= 11 is 0. The molecule has 0 spiro atoms. The van der Waals surface area contributed by atoms with Gasteiger partial charge in [-0.05, 0) is 29.4 Å². The molecule has 4 atom stereocenters. The minimum absolute atomic E-state index is 0.0468. The summed E-state index contributed by atoms with van der Waals surface area (Å²) in [5.74, 6) is -2.08. The predicted molar refractivity (Wildman–Crippen MR) is 147 cm³/mol. The van der Waals surface area contributed by atoms with Crippen LogP contribution in [0.4, 0.5) is 4.79 Å². The van der Waals surface area contributed by atoms with E-state index in [-0.39, 0.29) is 24.9 Å². The topological polar surface area (TPSA) is 137 Å². The lowest BCUT2D eigenvalue weighted by atomic mass is 9.71. The zero-order valence-electron chi connectivity index (χ0n) is 22.6. The lowest BCUT2D eigenvalue weighted by molar-refractivity contribution is -0.130. The summed E-state index contributed by atoms with van der Waals surface area (Å²) in [7, 11) is -1.74. The Morgan fingerprint density at radius 2 is 1.37 bits per heavy atom. The Morgan fingerprint density at radius 1 is 0.816 bits per heavy atom. The minimum Gasteiger partial charge on any atom is -0.445 e. The number of nitrogens with one attached hydrogen (secondary N) is 3. The fraction of sp³-hybridized carbons (Fsp3) is 0.464. The molecule has 0 aliphatic carbocycles. The summed E-state index contributed by atoms with van der Waals surface area (Å²) in [5, 5.41) is 27.6. The molecule has 10 heteroatoms. The van der Waals surface area contributed by atoms with Crippen LogP contribution in [-0.2, 0) is 27.4 Å². The molecule has 206 valence electrons. The van der Waals surface area contributed by atoms with Crippen molar-refractivity contribution in [3.63, 3.8) is 0 Å². The highest BCUT2D eigenvalue weighted by Gasteiger charge is 2.34. The van der Waals surface area contributed by atoms with Crippen LogP contribution in [0, 0.1) is 11.8 Å². The third-order valence-corrected chi connectivity index (χ3v) is 6.33. The van der Waals surface area contributed by atoms with Gasteiger partial charge in [0.2, 0.25) is 11.8 Å².